The van der Waals surface area contributed by atoms with Gasteiger partial charge in [-0.2, -0.15) is 0 Å². The maximum absolute atomic E-state index is 3.75. The second-order valence-electron chi connectivity index (χ2n) is 6.45. The molecule has 0 atom stereocenters. The van der Waals surface area contributed by atoms with E-state index in [2.05, 4.69) is 46.9 Å². The third kappa shape index (κ3) is 3.87. The molecule has 1 nitrogen and oxygen atoms in total. The van der Waals surface area contributed by atoms with Crippen LogP contribution in [0.2, 0.25) is 0 Å². The predicted molar refractivity (Wildman–Crippen MR) is 86.2 cm³/mol. The Labute approximate surface area is 120 Å². The second kappa shape index (κ2) is 7.17. The highest BCUT2D eigenvalue weighted by Gasteiger charge is 2.28. The molecule has 0 aromatic carbocycles. The highest BCUT2D eigenvalue weighted by molar-refractivity contribution is 5.41. The molecule has 0 fully saturated rings. The summed E-state index contributed by atoms with van der Waals surface area (Å²) in [5.41, 5.74) is 6.62. The van der Waals surface area contributed by atoms with Crippen molar-refractivity contribution in [3.63, 3.8) is 0 Å². The molecule has 0 amide bonds. The van der Waals surface area contributed by atoms with Crippen LogP contribution in [-0.4, -0.2) is 6.54 Å². The molecule has 1 aliphatic rings. The van der Waals surface area contributed by atoms with Gasteiger partial charge in [0, 0.05) is 12.2 Å². The molecule has 1 heteroatoms. The number of unbranched alkanes of at least 4 members (excludes halogenated alkanes) is 1. The van der Waals surface area contributed by atoms with Gasteiger partial charge in [-0.3, -0.25) is 0 Å². The Balaban J connectivity index is 3.14. The number of allylic oxidation sites excluding steroid dienone is 3. The van der Waals surface area contributed by atoms with E-state index in [-0.39, 0.29) is 0 Å². The van der Waals surface area contributed by atoms with Crippen LogP contribution >= 0.6 is 0 Å². The van der Waals surface area contributed by atoms with Crippen LogP contribution in [0.5, 0.6) is 0 Å². The molecule has 0 aromatic heterocycles. The molecule has 1 rings (SSSR count). The molecule has 0 unspecified atom stereocenters. The second-order valence-corrected chi connectivity index (χ2v) is 6.45. The fraction of sp³-hybridized carbons (Fsp3) is 0.778. The summed E-state index contributed by atoms with van der Waals surface area (Å²) in [5, 5.41) is 3.75. The zero-order chi connectivity index (χ0) is 14.5. The first-order valence-corrected chi connectivity index (χ1v) is 8.14. The molecule has 0 heterocycles. The smallest absolute Gasteiger partial charge is 0.0366 e. The van der Waals surface area contributed by atoms with Crippen molar-refractivity contribution in [1.29, 1.82) is 0 Å². The Bertz CT molecular complexity index is 358. The molecule has 0 aromatic rings. The Kier molecular flexibility index (Phi) is 6.16. The molecular formula is C18H33N. The van der Waals surface area contributed by atoms with E-state index >= 15 is 0 Å². The SMILES string of the molecule is CCCCNC1=C(C)C(C)(C)CCC(CC)=C1CC. The lowest BCUT2D eigenvalue weighted by molar-refractivity contribution is 0.405. The fourth-order valence-electron chi connectivity index (χ4n) is 2.99. The van der Waals surface area contributed by atoms with Gasteiger partial charge in [0.1, 0.15) is 0 Å². The maximum atomic E-state index is 3.75. The summed E-state index contributed by atoms with van der Waals surface area (Å²) in [6, 6.07) is 0. The fourth-order valence-corrected chi connectivity index (χ4v) is 2.99. The van der Waals surface area contributed by atoms with Gasteiger partial charge in [0.05, 0.1) is 0 Å². The minimum atomic E-state index is 0.325. The molecule has 110 valence electrons. The quantitative estimate of drug-likeness (QED) is 0.616. The van der Waals surface area contributed by atoms with Crippen molar-refractivity contribution in [1.82, 2.24) is 5.32 Å². The third-order valence-electron chi connectivity index (χ3n) is 4.78. The van der Waals surface area contributed by atoms with Gasteiger partial charge in [0.25, 0.3) is 0 Å². The summed E-state index contributed by atoms with van der Waals surface area (Å²) >= 11 is 0. The van der Waals surface area contributed by atoms with Crippen molar-refractivity contribution in [2.45, 2.75) is 80.1 Å². The Morgan fingerprint density at radius 3 is 2.32 bits per heavy atom. The number of nitrogens with one attached hydrogen (secondary N) is 1. The van der Waals surface area contributed by atoms with E-state index in [1.54, 1.807) is 16.7 Å². The minimum Gasteiger partial charge on any atom is -0.385 e. The summed E-state index contributed by atoms with van der Waals surface area (Å²) in [4.78, 5) is 0. The summed E-state index contributed by atoms with van der Waals surface area (Å²) in [5.74, 6) is 0. The molecule has 1 aliphatic carbocycles. The van der Waals surface area contributed by atoms with Crippen LogP contribution in [0.3, 0.4) is 0 Å². The van der Waals surface area contributed by atoms with Crippen LogP contribution in [0, 0.1) is 5.41 Å². The van der Waals surface area contributed by atoms with Gasteiger partial charge in [-0.05, 0) is 55.6 Å². The van der Waals surface area contributed by atoms with E-state index in [4.69, 9.17) is 0 Å². The summed E-state index contributed by atoms with van der Waals surface area (Å²) in [6.45, 7) is 15.1. The average Bonchev–Trinajstić information content (AvgIpc) is 2.48. The van der Waals surface area contributed by atoms with Crippen molar-refractivity contribution in [3.8, 4) is 0 Å². The molecule has 0 radical (unpaired) electrons. The van der Waals surface area contributed by atoms with E-state index in [0.29, 0.717) is 5.41 Å². The van der Waals surface area contributed by atoms with E-state index in [1.807, 2.05) is 0 Å². The van der Waals surface area contributed by atoms with Gasteiger partial charge >= 0.3 is 0 Å². The van der Waals surface area contributed by atoms with E-state index in [1.165, 1.54) is 37.8 Å². The van der Waals surface area contributed by atoms with Crippen molar-refractivity contribution >= 4 is 0 Å². The topological polar surface area (TPSA) is 12.0 Å². The van der Waals surface area contributed by atoms with Crippen molar-refractivity contribution in [2.24, 2.45) is 5.41 Å². The lowest BCUT2D eigenvalue weighted by atomic mass is 9.80. The van der Waals surface area contributed by atoms with Crippen molar-refractivity contribution < 1.29 is 0 Å². The van der Waals surface area contributed by atoms with Gasteiger partial charge in [0.15, 0.2) is 0 Å². The molecule has 0 saturated heterocycles. The zero-order valence-electron chi connectivity index (χ0n) is 13.9. The van der Waals surface area contributed by atoms with E-state index < -0.39 is 0 Å². The summed E-state index contributed by atoms with van der Waals surface area (Å²) in [6.07, 6.45) is 7.42. The largest absolute Gasteiger partial charge is 0.385 e. The molecule has 0 spiro atoms. The standard InChI is InChI=1S/C18H33N/c1-7-10-13-19-17-14(4)18(5,6)12-11-15(8-2)16(17)9-3/h19H,7-13H2,1-6H3. The summed E-state index contributed by atoms with van der Waals surface area (Å²) < 4.78 is 0. The normalized spacial score (nSPS) is 19.7. The lowest BCUT2D eigenvalue weighted by Crippen LogP contribution is -2.22. The van der Waals surface area contributed by atoms with Crippen LogP contribution in [0.15, 0.2) is 22.4 Å². The lowest BCUT2D eigenvalue weighted by Gasteiger charge is -2.27. The van der Waals surface area contributed by atoms with Crippen molar-refractivity contribution in [3.05, 3.63) is 22.4 Å². The third-order valence-corrected chi connectivity index (χ3v) is 4.78. The number of hydrogen-bond acceptors (Lipinski definition) is 1. The predicted octanol–water partition coefficient (Wildman–Crippen LogP) is 5.59. The van der Waals surface area contributed by atoms with Crippen LogP contribution in [0.4, 0.5) is 0 Å². The van der Waals surface area contributed by atoms with Crippen LogP contribution in [-0.2, 0) is 0 Å². The van der Waals surface area contributed by atoms with Gasteiger partial charge in [0.2, 0.25) is 0 Å². The van der Waals surface area contributed by atoms with Crippen LogP contribution in [0.25, 0.3) is 0 Å². The monoisotopic (exact) mass is 263 g/mol. The molecule has 19 heavy (non-hydrogen) atoms. The Morgan fingerprint density at radius 1 is 1.11 bits per heavy atom. The molecular weight excluding hydrogens is 230 g/mol. The minimum absolute atomic E-state index is 0.325. The molecule has 1 N–H and O–H groups in total. The van der Waals surface area contributed by atoms with Crippen molar-refractivity contribution in [2.75, 3.05) is 6.54 Å². The first-order valence-electron chi connectivity index (χ1n) is 8.14. The molecule has 0 bridgehead atoms. The Hall–Kier alpha value is -0.720. The molecule has 0 saturated carbocycles. The highest BCUT2D eigenvalue weighted by atomic mass is 14.9. The van der Waals surface area contributed by atoms with Gasteiger partial charge in [-0.15, -0.1) is 0 Å². The first kappa shape index (κ1) is 16.3. The summed E-state index contributed by atoms with van der Waals surface area (Å²) in [7, 11) is 0. The average molecular weight is 263 g/mol. The Morgan fingerprint density at radius 2 is 1.79 bits per heavy atom. The maximum Gasteiger partial charge on any atom is 0.0366 e. The van der Waals surface area contributed by atoms with Crippen LogP contribution < -0.4 is 5.32 Å². The van der Waals surface area contributed by atoms with Crippen LogP contribution in [0.1, 0.15) is 80.1 Å². The zero-order valence-corrected chi connectivity index (χ0v) is 13.9. The number of hydrogen-bond donors (Lipinski definition) is 1. The van der Waals surface area contributed by atoms with E-state index in [0.717, 1.165) is 13.0 Å². The van der Waals surface area contributed by atoms with Gasteiger partial charge in [-0.25, -0.2) is 0 Å². The highest BCUT2D eigenvalue weighted by Crippen LogP contribution is 2.41. The first-order chi connectivity index (χ1) is 8.97. The van der Waals surface area contributed by atoms with E-state index in [9.17, 15) is 0 Å². The van der Waals surface area contributed by atoms with Gasteiger partial charge in [-0.1, -0.05) is 46.6 Å². The number of rotatable bonds is 6. The van der Waals surface area contributed by atoms with Gasteiger partial charge < -0.3 is 5.32 Å². The molecule has 0 aliphatic heterocycles.